The molecule has 3 nitrogen and oxygen atoms in total. The van der Waals surface area contributed by atoms with Crippen molar-refractivity contribution < 1.29 is 9.59 Å². The number of aryl methyl sites for hydroxylation is 2. The Labute approximate surface area is 129 Å². The van der Waals surface area contributed by atoms with Gasteiger partial charge in [-0.05, 0) is 36.1 Å². The molecule has 2 aromatic rings. The normalized spacial score (nSPS) is 17.9. The summed E-state index contributed by atoms with van der Waals surface area (Å²) < 4.78 is 0. The van der Waals surface area contributed by atoms with E-state index >= 15 is 0 Å². The second-order valence-electron chi connectivity index (χ2n) is 5.61. The molecule has 0 bridgehead atoms. The lowest BCUT2D eigenvalue weighted by atomic mass is 9.81. The van der Waals surface area contributed by atoms with Crippen molar-refractivity contribution in [2.75, 3.05) is 0 Å². The fourth-order valence-electron chi connectivity index (χ4n) is 2.86. The monoisotopic (exact) mass is 291 g/mol. The summed E-state index contributed by atoms with van der Waals surface area (Å²) in [6.07, 6.45) is 1.53. The van der Waals surface area contributed by atoms with Crippen LogP contribution in [0.5, 0.6) is 0 Å². The second-order valence-corrected chi connectivity index (χ2v) is 5.61. The number of imide groups is 1. The lowest BCUT2D eigenvalue weighted by molar-refractivity contribution is -0.128. The van der Waals surface area contributed by atoms with Gasteiger partial charge in [0.05, 0.1) is 5.92 Å². The molecule has 0 spiro atoms. The largest absolute Gasteiger partial charge is 0.292 e. The SMILES string of the molecule is Cc1ccc(C)c(C2C(=O)NC(=O)C=C2c2ccccc2)c1. The van der Waals surface area contributed by atoms with Gasteiger partial charge in [0.15, 0.2) is 0 Å². The van der Waals surface area contributed by atoms with E-state index in [2.05, 4.69) is 5.32 Å². The zero-order valence-electron chi connectivity index (χ0n) is 12.6. The first-order valence-electron chi connectivity index (χ1n) is 7.25. The number of hydrogen-bond acceptors (Lipinski definition) is 2. The molecule has 3 heteroatoms. The first-order chi connectivity index (χ1) is 10.6. The van der Waals surface area contributed by atoms with Crippen LogP contribution < -0.4 is 5.32 Å². The molecule has 0 saturated heterocycles. The van der Waals surface area contributed by atoms with Crippen LogP contribution in [0.25, 0.3) is 5.57 Å². The van der Waals surface area contributed by atoms with Crippen LogP contribution in [-0.2, 0) is 9.59 Å². The van der Waals surface area contributed by atoms with E-state index in [1.165, 1.54) is 6.08 Å². The number of carbonyl (C=O) groups excluding carboxylic acids is 2. The zero-order chi connectivity index (χ0) is 15.7. The highest BCUT2D eigenvalue weighted by molar-refractivity contribution is 6.16. The standard InChI is InChI=1S/C19H17NO2/c1-12-8-9-13(2)15(10-12)18-16(11-17(21)20-19(18)22)14-6-4-3-5-7-14/h3-11,18H,1-2H3,(H,20,21,22). The van der Waals surface area contributed by atoms with Gasteiger partial charge in [-0.2, -0.15) is 0 Å². The van der Waals surface area contributed by atoms with Gasteiger partial charge < -0.3 is 0 Å². The molecule has 1 atom stereocenters. The average molecular weight is 291 g/mol. The Balaban J connectivity index is 2.18. The maximum atomic E-state index is 12.5. The highest BCUT2D eigenvalue weighted by Gasteiger charge is 2.32. The van der Waals surface area contributed by atoms with Gasteiger partial charge in [-0.1, -0.05) is 54.1 Å². The van der Waals surface area contributed by atoms with Gasteiger partial charge in [0.1, 0.15) is 0 Å². The van der Waals surface area contributed by atoms with E-state index < -0.39 is 5.92 Å². The fourth-order valence-corrected chi connectivity index (χ4v) is 2.86. The van der Waals surface area contributed by atoms with E-state index in [4.69, 9.17) is 0 Å². The van der Waals surface area contributed by atoms with Crippen molar-refractivity contribution in [2.45, 2.75) is 19.8 Å². The lowest BCUT2D eigenvalue weighted by Crippen LogP contribution is -2.38. The van der Waals surface area contributed by atoms with Gasteiger partial charge >= 0.3 is 0 Å². The van der Waals surface area contributed by atoms with E-state index in [1.54, 1.807) is 0 Å². The van der Waals surface area contributed by atoms with Crippen LogP contribution in [0.2, 0.25) is 0 Å². The highest BCUT2D eigenvalue weighted by Crippen LogP contribution is 2.36. The molecule has 110 valence electrons. The minimum absolute atomic E-state index is 0.264. The molecule has 0 fully saturated rings. The molecule has 3 rings (SSSR count). The molecule has 1 N–H and O–H groups in total. The van der Waals surface area contributed by atoms with Crippen molar-refractivity contribution in [3.05, 3.63) is 76.9 Å². The third-order valence-corrected chi connectivity index (χ3v) is 3.96. The van der Waals surface area contributed by atoms with Crippen LogP contribution in [0.1, 0.15) is 28.2 Å². The van der Waals surface area contributed by atoms with Crippen molar-refractivity contribution in [2.24, 2.45) is 0 Å². The van der Waals surface area contributed by atoms with Gasteiger partial charge in [0.2, 0.25) is 5.91 Å². The van der Waals surface area contributed by atoms with Crippen LogP contribution >= 0.6 is 0 Å². The number of hydrogen-bond donors (Lipinski definition) is 1. The first-order valence-corrected chi connectivity index (χ1v) is 7.25. The number of benzene rings is 2. The smallest absolute Gasteiger partial charge is 0.250 e. The quantitative estimate of drug-likeness (QED) is 0.864. The molecule has 0 radical (unpaired) electrons. The topological polar surface area (TPSA) is 46.2 Å². The summed E-state index contributed by atoms with van der Waals surface area (Å²) in [6.45, 7) is 3.99. The van der Waals surface area contributed by atoms with E-state index in [1.807, 2.05) is 62.4 Å². The number of amides is 2. The molecule has 1 unspecified atom stereocenters. The maximum Gasteiger partial charge on any atom is 0.250 e. The minimum atomic E-state index is -0.458. The molecule has 1 heterocycles. The Morgan fingerprint density at radius 1 is 0.955 bits per heavy atom. The third kappa shape index (κ3) is 2.58. The van der Waals surface area contributed by atoms with Gasteiger partial charge in [-0.25, -0.2) is 0 Å². The predicted octanol–water partition coefficient (Wildman–Crippen LogP) is 3.13. The maximum absolute atomic E-state index is 12.5. The summed E-state index contributed by atoms with van der Waals surface area (Å²) in [5.74, 6) is -1.08. The molecule has 2 aromatic carbocycles. The highest BCUT2D eigenvalue weighted by atomic mass is 16.2. The van der Waals surface area contributed by atoms with E-state index in [0.29, 0.717) is 0 Å². The van der Waals surface area contributed by atoms with Crippen molar-refractivity contribution in [3.8, 4) is 0 Å². The third-order valence-electron chi connectivity index (χ3n) is 3.96. The van der Waals surface area contributed by atoms with E-state index in [9.17, 15) is 9.59 Å². The van der Waals surface area contributed by atoms with Crippen molar-refractivity contribution in [1.29, 1.82) is 0 Å². The molecule has 1 aliphatic rings. The second kappa shape index (κ2) is 5.60. The Kier molecular flexibility index (Phi) is 3.63. The summed E-state index contributed by atoms with van der Waals surface area (Å²) >= 11 is 0. The van der Waals surface area contributed by atoms with Crippen LogP contribution in [-0.4, -0.2) is 11.8 Å². The molecular formula is C19H17NO2. The van der Waals surface area contributed by atoms with Crippen LogP contribution in [0.3, 0.4) is 0 Å². The molecule has 0 saturated carbocycles. The number of nitrogens with one attached hydrogen (secondary N) is 1. The molecular weight excluding hydrogens is 274 g/mol. The zero-order valence-corrected chi connectivity index (χ0v) is 12.6. The number of rotatable bonds is 2. The summed E-state index contributed by atoms with van der Waals surface area (Å²) in [4.78, 5) is 24.3. The number of carbonyl (C=O) groups is 2. The van der Waals surface area contributed by atoms with Crippen LogP contribution in [0, 0.1) is 13.8 Å². The summed E-state index contributed by atoms with van der Waals surface area (Å²) in [7, 11) is 0. The molecule has 2 amide bonds. The van der Waals surface area contributed by atoms with Gasteiger partial charge in [-0.15, -0.1) is 0 Å². The van der Waals surface area contributed by atoms with Gasteiger partial charge in [0.25, 0.3) is 5.91 Å². The summed E-state index contributed by atoms with van der Waals surface area (Å²) in [5.41, 5.74) is 4.74. The van der Waals surface area contributed by atoms with Crippen molar-refractivity contribution >= 4 is 17.4 Å². The van der Waals surface area contributed by atoms with E-state index in [0.717, 1.165) is 27.8 Å². The van der Waals surface area contributed by atoms with Crippen LogP contribution in [0.4, 0.5) is 0 Å². The molecule has 1 aliphatic heterocycles. The molecule has 22 heavy (non-hydrogen) atoms. The summed E-state index contributed by atoms with van der Waals surface area (Å²) in [6, 6.07) is 15.6. The Morgan fingerprint density at radius 3 is 2.41 bits per heavy atom. The Hall–Kier alpha value is -2.68. The van der Waals surface area contributed by atoms with E-state index in [-0.39, 0.29) is 11.8 Å². The minimum Gasteiger partial charge on any atom is -0.292 e. The van der Waals surface area contributed by atoms with Crippen LogP contribution in [0.15, 0.2) is 54.6 Å². The van der Waals surface area contributed by atoms with Crippen molar-refractivity contribution in [1.82, 2.24) is 5.32 Å². The van der Waals surface area contributed by atoms with Crippen molar-refractivity contribution in [3.63, 3.8) is 0 Å². The Morgan fingerprint density at radius 2 is 1.68 bits per heavy atom. The fraction of sp³-hybridized carbons (Fsp3) is 0.158. The Bertz CT molecular complexity index is 775. The summed E-state index contributed by atoms with van der Waals surface area (Å²) in [5, 5.41) is 2.42. The van der Waals surface area contributed by atoms with Gasteiger partial charge in [0, 0.05) is 6.08 Å². The average Bonchev–Trinajstić information content (AvgIpc) is 2.50. The molecule has 0 aromatic heterocycles. The first kappa shape index (κ1) is 14.3. The molecule has 0 aliphatic carbocycles. The van der Waals surface area contributed by atoms with Gasteiger partial charge in [-0.3, -0.25) is 14.9 Å². The predicted molar refractivity (Wildman–Crippen MR) is 86.2 cm³/mol. The lowest BCUT2D eigenvalue weighted by Gasteiger charge is -2.25.